The topological polar surface area (TPSA) is 62.2 Å². The third-order valence-electron chi connectivity index (χ3n) is 2.40. The van der Waals surface area contributed by atoms with E-state index in [2.05, 4.69) is 10.3 Å². The van der Waals surface area contributed by atoms with Gasteiger partial charge in [0.25, 0.3) is 0 Å². The molecule has 1 aromatic heterocycles. The zero-order valence-corrected chi connectivity index (χ0v) is 9.43. The van der Waals surface area contributed by atoms with Crippen molar-refractivity contribution in [3.05, 3.63) is 59.7 Å². The van der Waals surface area contributed by atoms with Crippen LogP contribution in [0.3, 0.4) is 0 Å². The van der Waals surface area contributed by atoms with E-state index in [1.54, 1.807) is 18.2 Å². The summed E-state index contributed by atoms with van der Waals surface area (Å²) in [5.41, 5.74) is 1.06. The summed E-state index contributed by atoms with van der Waals surface area (Å²) in [6.45, 7) is 0.266. The Bertz CT molecular complexity index is 572. The van der Waals surface area contributed by atoms with Crippen LogP contribution in [-0.4, -0.2) is 16.1 Å². The number of carbonyl (C=O) groups is 1. The summed E-state index contributed by atoms with van der Waals surface area (Å²) in [4.78, 5) is 14.8. The van der Waals surface area contributed by atoms with Gasteiger partial charge in [-0.3, -0.25) is 4.98 Å². The Kier molecular flexibility index (Phi) is 3.52. The number of hydrogen-bond acceptors (Lipinski definition) is 3. The first-order valence-electron chi connectivity index (χ1n) is 5.33. The van der Waals surface area contributed by atoms with Crippen molar-refractivity contribution in [2.75, 3.05) is 5.32 Å². The van der Waals surface area contributed by atoms with E-state index in [0.29, 0.717) is 11.4 Å². The van der Waals surface area contributed by atoms with Gasteiger partial charge in [-0.25, -0.2) is 9.18 Å². The number of para-hydroxylation sites is 1. The number of hydrogen-bond donors (Lipinski definition) is 2. The Morgan fingerprint density at radius 2 is 2.11 bits per heavy atom. The number of aromatic nitrogens is 1. The van der Waals surface area contributed by atoms with E-state index in [0.717, 1.165) is 0 Å². The number of aromatic carboxylic acids is 1. The van der Waals surface area contributed by atoms with Gasteiger partial charge in [0.05, 0.1) is 23.5 Å². The van der Waals surface area contributed by atoms with Gasteiger partial charge >= 0.3 is 5.97 Å². The summed E-state index contributed by atoms with van der Waals surface area (Å²) in [6.07, 6.45) is 1.42. The molecule has 0 aliphatic rings. The highest BCUT2D eigenvalue weighted by Crippen LogP contribution is 2.13. The highest BCUT2D eigenvalue weighted by Gasteiger charge is 2.05. The number of benzene rings is 1. The van der Waals surface area contributed by atoms with E-state index in [1.807, 2.05) is 0 Å². The normalized spacial score (nSPS) is 10.1. The van der Waals surface area contributed by atoms with Crippen molar-refractivity contribution in [2.24, 2.45) is 0 Å². The van der Waals surface area contributed by atoms with Crippen molar-refractivity contribution in [1.29, 1.82) is 0 Å². The molecule has 0 aliphatic carbocycles. The van der Waals surface area contributed by atoms with E-state index in [-0.39, 0.29) is 17.9 Å². The van der Waals surface area contributed by atoms with Gasteiger partial charge in [-0.1, -0.05) is 12.1 Å². The highest BCUT2D eigenvalue weighted by molar-refractivity contribution is 5.87. The Balaban J connectivity index is 2.09. The molecule has 0 radical (unpaired) electrons. The van der Waals surface area contributed by atoms with Crippen LogP contribution in [-0.2, 0) is 6.54 Å². The second kappa shape index (κ2) is 5.27. The molecule has 0 fully saturated rings. The molecule has 0 spiro atoms. The minimum Gasteiger partial charge on any atom is -0.478 e. The molecule has 2 aromatic rings. The van der Waals surface area contributed by atoms with Crippen molar-refractivity contribution in [1.82, 2.24) is 4.98 Å². The van der Waals surface area contributed by atoms with Crippen LogP contribution in [0.1, 0.15) is 16.1 Å². The molecule has 0 aliphatic heterocycles. The van der Waals surface area contributed by atoms with Gasteiger partial charge < -0.3 is 10.4 Å². The lowest BCUT2D eigenvalue weighted by Gasteiger charge is -2.07. The van der Waals surface area contributed by atoms with Crippen LogP contribution >= 0.6 is 0 Å². The van der Waals surface area contributed by atoms with Gasteiger partial charge in [0.2, 0.25) is 0 Å². The smallest absolute Gasteiger partial charge is 0.335 e. The predicted molar refractivity (Wildman–Crippen MR) is 64.9 cm³/mol. The number of nitrogens with one attached hydrogen (secondary N) is 1. The van der Waals surface area contributed by atoms with E-state index < -0.39 is 5.97 Å². The number of carboxylic acid groups (broad SMARTS) is 1. The number of halogens is 1. The maximum absolute atomic E-state index is 13.3. The fourth-order valence-electron chi connectivity index (χ4n) is 1.50. The molecule has 1 aromatic carbocycles. The van der Waals surface area contributed by atoms with Crippen LogP contribution in [0, 0.1) is 5.82 Å². The van der Waals surface area contributed by atoms with Crippen molar-refractivity contribution in [3.63, 3.8) is 0 Å². The average molecular weight is 246 g/mol. The van der Waals surface area contributed by atoms with Gasteiger partial charge in [-0.2, -0.15) is 0 Å². The predicted octanol–water partition coefficient (Wildman–Crippen LogP) is 2.53. The molecule has 0 unspecified atom stereocenters. The fourth-order valence-corrected chi connectivity index (χ4v) is 1.50. The van der Waals surface area contributed by atoms with Gasteiger partial charge in [0.1, 0.15) is 5.82 Å². The second-order valence-corrected chi connectivity index (χ2v) is 3.67. The molecule has 1 heterocycles. The van der Waals surface area contributed by atoms with Crippen LogP contribution in [0.25, 0.3) is 0 Å². The molecule has 2 rings (SSSR count). The van der Waals surface area contributed by atoms with Gasteiger partial charge in [-0.05, 0) is 24.3 Å². The third-order valence-corrected chi connectivity index (χ3v) is 2.40. The van der Waals surface area contributed by atoms with E-state index >= 15 is 0 Å². The summed E-state index contributed by atoms with van der Waals surface area (Å²) < 4.78 is 13.3. The zero-order valence-electron chi connectivity index (χ0n) is 9.43. The lowest BCUT2D eigenvalue weighted by Crippen LogP contribution is -2.05. The summed E-state index contributed by atoms with van der Waals surface area (Å²) in [7, 11) is 0. The van der Waals surface area contributed by atoms with Crippen molar-refractivity contribution in [3.8, 4) is 0 Å². The fraction of sp³-hybridized carbons (Fsp3) is 0.0769. The SMILES string of the molecule is O=C(O)c1ccnc(CNc2ccccc2F)c1. The molecule has 0 saturated heterocycles. The number of anilines is 1. The number of pyridine rings is 1. The molecule has 18 heavy (non-hydrogen) atoms. The van der Waals surface area contributed by atoms with Crippen molar-refractivity contribution < 1.29 is 14.3 Å². The molecule has 0 atom stereocenters. The lowest BCUT2D eigenvalue weighted by atomic mass is 10.2. The summed E-state index contributed by atoms with van der Waals surface area (Å²) in [5.74, 6) is -1.36. The minimum absolute atomic E-state index is 0.162. The number of carboxylic acids is 1. The molecule has 5 heteroatoms. The van der Waals surface area contributed by atoms with E-state index in [4.69, 9.17) is 5.11 Å². The zero-order chi connectivity index (χ0) is 13.0. The van der Waals surface area contributed by atoms with Gasteiger partial charge in [0, 0.05) is 6.20 Å². The van der Waals surface area contributed by atoms with Crippen LogP contribution in [0.5, 0.6) is 0 Å². The summed E-state index contributed by atoms with van der Waals surface area (Å²) >= 11 is 0. The summed E-state index contributed by atoms with van der Waals surface area (Å²) in [6, 6.07) is 9.14. The van der Waals surface area contributed by atoms with Gasteiger partial charge in [0.15, 0.2) is 0 Å². The second-order valence-electron chi connectivity index (χ2n) is 3.67. The average Bonchev–Trinajstić information content (AvgIpc) is 2.38. The summed E-state index contributed by atoms with van der Waals surface area (Å²) in [5, 5.41) is 11.7. The number of rotatable bonds is 4. The largest absolute Gasteiger partial charge is 0.478 e. The molecule has 2 N–H and O–H groups in total. The van der Waals surface area contributed by atoms with E-state index in [1.165, 1.54) is 24.4 Å². The monoisotopic (exact) mass is 246 g/mol. The molecule has 0 amide bonds. The lowest BCUT2D eigenvalue weighted by molar-refractivity contribution is 0.0696. The maximum atomic E-state index is 13.3. The molecule has 4 nitrogen and oxygen atoms in total. The molecular formula is C13H11FN2O2. The Hall–Kier alpha value is -2.43. The first-order valence-corrected chi connectivity index (χ1v) is 5.33. The standard InChI is InChI=1S/C13H11FN2O2/c14-11-3-1-2-4-12(11)16-8-10-7-9(13(17)18)5-6-15-10/h1-7,16H,8H2,(H,17,18). The van der Waals surface area contributed by atoms with Crippen LogP contribution in [0.15, 0.2) is 42.6 Å². The highest BCUT2D eigenvalue weighted by atomic mass is 19.1. The minimum atomic E-state index is -1.01. The molecule has 0 saturated carbocycles. The third kappa shape index (κ3) is 2.82. The first-order chi connectivity index (χ1) is 8.66. The van der Waals surface area contributed by atoms with Gasteiger partial charge in [-0.15, -0.1) is 0 Å². The molecular weight excluding hydrogens is 235 g/mol. The van der Waals surface area contributed by atoms with E-state index in [9.17, 15) is 9.18 Å². The Morgan fingerprint density at radius 1 is 1.33 bits per heavy atom. The van der Waals surface area contributed by atoms with Crippen LogP contribution in [0.4, 0.5) is 10.1 Å². The number of nitrogens with zero attached hydrogens (tertiary/aromatic N) is 1. The molecule has 0 bridgehead atoms. The molecule has 92 valence electrons. The first kappa shape index (κ1) is 12.0. The van der Waals surface area contributed by atoms with Crippen LogP contribution in [0.2, 0.25) is 0 Å². The quantitative estimate of drug-likeness (QED) is 0.870. The van der Waals surface area contributed by atoms with Crippen molar-refractivity contribution >= 4 is 11.7 Å². The van der Waals surface area contributed by atoms with Crippen LogP contribution < -0.4 is 5.32 Å². The van der Waals surface area contributed by atoms with Crippen molar-refractivity contribution in [2.45, 2.75) is 6.54 Å². The Morgan fingerprint density at radius 3 is 2.83 bits per heavy atom. The Labute approximate surface area is 103 Å². The maximum Gasteiger partial charge on any atom is 0.335 e.